The van der Waals surface area contributed by atoms with Gasteiger partial charge in [-0.2, -0.15) is 11.8 Å². The van der Waals surface area contributed by atoms with Gasteiger partial charge in [0.2, 0.25) is 0 Å². The maximum absolute atomic E-state index is 7.52. The van der Waals surface area contributed by atoms with Gasteiger partial charge < -0.3 is 10.6 Å². The molecule has 98 valence electrons. The van der Waals surface area contributed by atoms with E-state index in [2.05, 4.69) is 30.9 Å². The Morgan fingerprint density at radius 3 is 2.78 bits per heavy atom. The Bertz CT molecular complexity index is 458. The fraction of sp³-hybridized carbons (Fsp3) is 0.500. The fourth-order valence-electron chi connectivity index (χ4n) is 2.43. The second-order valence-electron chi connectivity index (χ2n) is 4.92. The number of nitrogens with one attached hydrogen (secondary N) is 1. The molecule has 2 unspecified atom stereocenters. The van der Waals surface area contributed by atoms with E-state index < -0.39 is 0 Å². The quantitative estimate of drug-likeness (QED) is 0.637. The molecule has 0 radical (unpaired) electrons. The Labute approximate surface area is 113 Å². The highest BCUT2D eigenvalue weighted by Crippen LogP contribution is 2.30. The lowest BCUT2D eigenvalue weighted by Crippen LogP contribution is -2.44. The van der Waals surface area contributed by atoms with Crippen molar-refractivity contribution in [2.45, 2.75) is 32.1 Å². The Balaban J connectivity index is 2.28. The molecule has 1 aromatic rings. The zero-order chi connectivity index (χ0) is 13.3. The Hall–Kier alpha value is -1.16. The highest BCUT2D eigenvalue weighted by Gasteiger charge is 2.25. The molecule has 1 aliphatic rings. The molecule has 1 aliphatic heterocycles. The second kappa shape index (κ2) is 5.22. The standard InChI is InChI=1S/C14H21N3S/c1-9-8-12(4-5-13(9)14(15)16)17-6-7-18-11(3)10(17)2/h4-5,8,10-11H,6-7H2,1-3H3,(H3,15,16). The zero-order valence-electron chi connectivity index (χ0n) is 11.2. The van der Waals surface area contributed by atoms with Crippen LogP contribution in [0, 0.1) is 12.3 Å². The molecule has 0 aliphatic carbocycles. The third kappa shape index (κ3) is 2.48. The third-order valence-electron chi connectivity index (χ3n) is 3.72. The number of aryl methyl sites for hydroxylation is 1. The van der Waals surface area contributed by atoms with Crippen molar-refractivity contribution in [1.82, 2.24) is 0 Å². The number of amidine groups is 1. The van der Waals surface area contributed by atoms with Crippen molar-refractivity contribution in [3.05, 3.63) is 29.3 Å². The Morgan fingerprint density at radius 1 is 1.44 bits per heavy atom. The molecule has 0 aromatic heterocycles. The number of nitrogens with two attached hydrogens (primary N) is 1. The molecule has 0 amide bonds. The van der Waals surface area contributed by atoms with Crippen molar-refractivity contribution in [3.8, 4) is 0 Å². The van der Waals surface area contributed by atoms with E-state index in [-0.39, 0.29) is 5.84 Å². The number of nitrogen functional groups attached to an aromatic ring is 1. The van der Waals surface area contributed by atoms with Crippen LogP contribution in [0.2, 0.25) is 0 Å². The predicted molar refractivity (Wildman–Crippen MR) is 80.9 cm³/mol. The molecule has 1 fully saturated rings. The summed E-state index contributed by atoms with van der Waals surface area (Å²) in [6, 6.07) is 6.75. The smallest absolute Gasteiger partial charge is 0.123 e. The number of thioether (sulfide) groups is 1. The van der Waals surface area contributed by atoms with Crippen LogP contribution in [0.1, 0.15) is 25.0 Å². The zero-order valence-corrected chi connectivity index (χ0v) is 12.1. The number of anilines is 1. The molecular formula is C14H21N3S. The number of hydrogen-bond donors (Lipinski definition) is 2. The van der Waals surface area contributed by atoms with Gasteiger partial charge in [-0.25, -0.2) is 0 Å². The van der Waals surface area contributed by atoms with Crippen LogP contribution in [0.5, 0.6) is 0 Å². The van der Waals surface area contributed by atoms with Crippen molar-refractivity contribution in [2.24, 2.45) is 5.73 Å². The van der Waals surface area contributed by atoms with Crippen molar-refractivity contribution >= 4 is 23.3 Å². The van der Waals surface area contributed by atoms with Crippen molar-refractivity contribution < 1.29 is 0 Å². The van der Waals surface area contributed by atoms with Gasteiger partial charge in [0.15, 0.2) is 0 Å². The van der Waals surface area contributed by atoms with E-state index in [1.807, 2.05) is 24.8 Å². The summed E-state index contributed by atoms with van der Waals surface area (Å²) in [5.74, 6) is 1.33. The van der Waals surface area contributed by atoms with E-state index in [1.54, 1.807) is 0 Å². The molecule has 0 bridgehead atoms. The maximum Gasteiger partial charge on any atom is 0.123 e. The van der Waals surface area contributed by atoms with Crippen LogP contribution in [0.4, 0.5) is 5.69 Å². The summed E-state index contributed by atoms with van der Waals surface area (Å²) >= 11 is 2.04. The van der Waals surface area contributed by atoms with Crippen LogP contribution >= 0.6 is 11.8 Å². The minimum Gasteiger partial charge on any atom is -0.384 e. The molecule has 18 heavy (non-hydrogen) atoms. The Kier molecular flexibility index (Phi) is 3.85. The van der Waals surface area contributed by atoms with Crippen molar-refractivity contribution in [2.75, 3.05) is 17.2 Å². The number of nitrogens with zero attached hydrogens (tertiary/aromatic N) is 1. The average molecular weight is 263 g/mol. The molecule has 3 N–H and O–H groups in total. The molecule has 1 heterocycles. The summed E-state index contributed by atoms with van der Waals surface area (Å²) in [7, 11) is 0. The van der Waals surface area contributed by atoms with E-state index in [0.29, 0.717) is 11.3 Å². The first-order chi connectivity index (χ1) is 8.50. The second-order valence-corrected chi connectivity index (χ2v) is 6.41. The fourth-order valence-corrected chi connectivity index (χ4v) is 3.53. The van der Waals surface area contributed by atoms with Gasteiger partial charge in [-0.15, -0.1) is 0 Å². The maximum atomic E-state index is 7.52. The highest BCUT2D eigenvalue weighted by atomic mass is 32.2. The molecular weight excluding hydrogens is 242 g/mol. The highest BCUT2D eigenvalue weighted by molar-refractivity contribution is 8.00. The van der Waals surface area contributed by atoms with E-state index in [9.17, 15) is 0 Å². The van der Waals surface area contributed by atoms with Gasteiger partial charge >= 0.3 is 0 Å². The summed E-state index contributed by atoms with van der Waals surface area (Å²) in [5.41, 5.74) is 8.73. The van der Waals surface area contributed by atoms with Crippen LogP contribution < -0.4 is 10.6 Å². The minimum atomic E-state index is 0.148. The first kappa shape index (κ1) is 13.3. The van der Waals surface area contributed by atoms with Gasteiger partial charge in [-0.05, 0) is 37.6 Å². The number of hydrogen-bond acceptors (Lipinski definition) is 3. The molecule has 2 rings (SSSR count). The van der Waals surface area contributed by atoms with Gasteiger partial charge in [0.05, 0.1) is 0 Å². The molecule has 1 saturated heterocycles. The SMILES string of the molecule is Cc1cc(N2CCSC(C)C2C)ccc1C(=N)N. The van der Waals surface area contributed by atoms with E-state index in [4.69, 9.17) is 11.1 Å². The number of rotatable bonds is 2. The topological polar surface area (TPSA) is 53.1 Å². The minimum absolute atomic E-state index is 0.148. The third-order valence-corrected chi connectivity index (χ3v) is 5.05. The summed E-state index contributed by atoms with van der Waals surface area (Å²) in [5, 5.41) is 8.18. The average Bonchev–Trinajstić information content (AvgIpc) is 2.32. The lowest BCUT2D eigenvalue weighted by Gasteiger charge is -2.39. The largest absolute Gasteiger partial charge is 0.384 e. The van der Waals surface area contributed by atoms with Crippen LogP contribution in [0.25, 0.3) is 0 Å². The van der Waals surface area contributed by atoms with E-state index in [1.165, 1.54) is 11.4 Å². The Morgan fingerprint density at radius 2 is 2.17 bits per heavy atom. The summed E-state index contributed by atoms with van der Waals surface area (Å²) in [6.45, 7) is 7.69. The molecule has 0 spiro atoms. The van der Waals surface area contributed by atoms with Crippen molar-refractivity contribution in [3.63, 3.8) is 0 Å². The molecule has 2 atom stereocenters. The van der Waals surface area contributed by atoms with Gasteiger partial charge in [0.1, 0.15) is 5.84 Å². The summed E-state index contributed by atoms with van der Waals surface area (Å²) in [6.07, 6.45) is 0. The number of benzene rings is 1. The normalized spacial score (nSPS) is 24.1. The lowest BCUT2D eigenvalue weighted by molar-refractivity contribution is 0.627. The van der Waals surface area contributed by atoms with Gasteiger partial charge in [-0.1, -0.05) is 6.92 Å². The summed E-state index contributed by atoms with van der Waals surface area (Å²) < 4.78 is 0. The monoisotopic (exact) mass is 263 g/mol. The van der Waals surface area contributed by atoms with Gasteiger partial charge in [0, 0.05) is 34.8 Å². The van der Waals surface area contributed by atoms with Gasteiger partial charge in [0.25, 0.3) is 0 Å². The van der Waals surface area contributed by atoms with Crippen LogP contribution in [-0.4, -0.2) is 29.4 Å². The lowest BCUT2D eigenvalue weighted by atomic mass is 10.1. The molecule has 3 nitrogen and oxygen atoms in total. The molecule has 1 aromatic carbocycles. The molecule has 4 heteroatoms. The predicted octanol–water partition coefficient (Wildman–Crippen LogP) is 2.61. The first-order valence-corrected chi connectivity index (χ1v) is 7.39. The molecule has 0 saturated carbocycles. The van der Waals surface area contributed by atoms with Gasteiger partial charge in [-0.3, -0.25) is 5.41 Å². The van der Waals surface area contributed by atoms with Crippen molar-refractivity contribution in [1.29, 1.82) is 5.41 Å². The summed E-state index contributed by atoms with van der Waals surface area (Å²) in [4.78, 5) is 2.46. The first-order valence-electron chi connectivity index (χ1n) is 6.34. The van der Waals surface area contributed by atoms with E-state index >= 15 is 0 Å². The van der Waals surface area contributed by atoms with Crippen LogP contribution in [0.15, 0.2) is 18.2 Å². The van der Waals surface area contributed by atoms with E-state index in [0.717, 1.165) is 17.7 Å². The van der Waals surface area contributed by atoms with Crippen LogP contribution in [0.3, 0.4) is 0 Å². The van der Waals surface area contributed by atoms with Crippen LogP contribution in [-0.2, 0) is 0 Å².